The van der Waals surface area contributed by atoms with Crippen molar-refractivity contribution in [3.05, 3.63) is 11.1 Å². The monoisotopic (exact) mass is 232 g/mol. The number of nitrogens with two attached hydrogens (primary N) is 1. The second-order valence-electron chi connectivity index (χ2n) is 4.26. The van der Waals surface area contributed by atoms with Crippen molar-refractivity contribution in [1.82, 2.24) is 5.32 Å². The third-order valence-corrected chi connectivity index (χ3v) is 2.91. The summed E-state index contributed by atoms with van der Waals surface area (Å²) < 4.78 is 0. The second-order valence-corrected chi connectivity index (χ2v) is 4.26. The number of nitrogens with one attached hydrogen (secondary N) is 1. The molecule has 84 valence electrons. The van der Waals surface area contributed by atoms with Gasteiger partial charge in [-0.1, -0.05) is 11.0 Å². The number of amides is 1. The van der Waals surface area contributed by atoms with E-state index in [9.17, 15) is 4.79 Å². The SMILES string of the molecule is [B]c1c([B])c([B])c(CNC(=O)C(C)N)c(C)c1[B]. The molecule has 7 heteroatoms. The highest BCUT2D eigenvalue weighted by Gasteiger charge is 2.12. The number of hydrogen-bond acceptors (Lipinski definition) is 2. The molecule has 1 aromatic rings. The first-order valence-electron chi connectivity index (χ1n) is 5.52. The Kier molecular flexibility index (Phi) is 4.74. The summed E-state index contributed by atoms with van der Waals surface area (Å²) in [5.41, 5.74) is 8.05. The van der Waals surface area contributed by atoms with Crippen molar-refractivity contribution in [3.63, 3.8) is 0 Å². The van der Waals surface area contributed by atoms with E-state index in [4.69, 9.17) is 37.1 Å². The molecule has 0 aliphatic heterocycles. The third-order valence-electron chi connectivity index (χ3n) is 2.91. The van der Waals surface area contributed by atoms with E-state index in [1.807, 2.05) is 0 Å². The van der Waals surface area contributed by atoms with E-state index in [1.165, 1.54) is 0 Å². The molecule has 3 N–H and O–H groups in total. The first kappa shape index (κ1) is 15.0. The van der Waals surface area contributed by atoms with Gasteiger partial charge in [-0.15, -0.1) is 16.4 Å². The quantitative estimate of drug-likeness (QED) is 0.523. The molecule has 0 aromatic heterocycles. The van der Waals surface area contributed by atoms with Crippen LogP contribution in [0.4, 0.5) is 0 Å². The van der Waals surface area contributed by atoms with Crippen LogP contribution >= 0.6 is 0 Å². The Balaban J connectivity index is 3.07. The number of benzene rings is 1. The van der Waals surface area contributed by atoms with Gasteiger partial charge in [-0.25, -0.2) is 0 Å². The lowest BCUT2D eigenvalue weighted by Crippen LogP contribution is -2.51. The lowest BCUT2D eigenvalue weighted by Gasteiger charge is -2.21. The van der Waals surface area contributed by atoms with Gasteiger partial charge in [-0.3, -0.25) is 4.79 Å². The van der Waals surface area contributed by atoms with Crippen LogP contribution in [0.15, 0.2) is 0 Å². The molecule has 1 rings (SSSR count). The molecule has 1 aromatic carbocycles. The van der Waals surface area contributed by atoms with Crippen LogP contribution in [0.25, 0.3) is 0 Å². The van der Waals surface area contributed by atoms with E-state index in [-0.39, 0.29) is 23.4 Å². The number of rotatable bonds is 3. The molecule has 0 spiro atoms. The summed E-state index contributed by atoms with van der Waals surface area (Å²) in [5.74, 6) is -0.275. The number of carbonyl (C=O) groups excluding carboxylic acids is 1. The lowest BCUT2D eigenvalue weighted by atomic mass is 9.63. The van der Waals surface area contributed by atoms with E-state index < -0.39 is 6.04 Å². The Bertz CT molecular complexity index is 459. The Hall–Kier alpha value is -1.09. The highest BCUT2D eigenvalue weighted by Crippen LogP contribution is 1.99. The standard InChI is InChI=1S/C11H12B4N2O/c1-4-6(3-17-11(18)5(2)16)8(13)10(15)9(14)7(4)12/h5H,3,16H2,1-2H3,(H,17,18). The summed E-state index contributed by atoms with van der Waals surface area (Å²) in [5, 5.41) is 2.66. The number of hydrogen-bond donors (Lipinski definition) is 2. The van der Waals surface area contributed by atoms with Gasteiger partial charge in [-0.2, -0.15) is 0 Å². The molecular weight excluding hydrogens is 219 g/mol. The molecule has 0 bridgehead atoms. The highest BCUT2D eigenvalue weighted by molar-refractivity contribution is 6.63. The molecule has 8 radical (unpaired) electrons. The zero-order valence-corrected chi connectivity index (χ0v) is 10.6. The smallest absolute Gasteiger partial charge is 0.236 e. The normalized spacial score (nSPS) is 12.2. The summed E-state index contributed by atoms with van der Waals surface area (Å²) >= 11 is 0. The van der Waals surface area contributed by atoms with Crippen LogP contribution in [0, 0.1) is 6.92 Å². The molecule has 1 unspecified atom stereocenters. The van der Waals surface area contributed by atoms with Crippen LogP contribution < -0.4 is 32.9 Å². The first-order chi connectivity index (χ1) is 8.27. The first-order valence-corrected chi connectivity index (χ1v) is 5.52. The van der Waals surface area contributed by atoms with Gasteiger partial charge in [-0.05, 0) is 19.4 Å². The van der Waals surface area contributed by atoms with Crippen LogP contribution in [-0.2, 0) is 11.3 Å². The predicted molar refractivity (Wildman–Crippen MR) is 78.2 cm³/mol. The maximum atomic E-state index is 11.4. The largest absolute Gasteiger partial charge is 0.351 e. The Labute approximate surface area is 113 Å². The molecule has 1 atom stereocenters. The average molecular weight is 231 g/mol. The van der Waals surface area contributed by atoms with Crippen molar-refractivity contribution in [1.29, 1.82) is 0 Å². The maximum Gasteiger partial charge on any atom is 0.236 e. The van der Waals surface area contributed by atoms with Crippen molar-refractivity contribution in [2.24, 2.45) is 5.73 Å². The van der Waals surface area contributed by atoms with Gasteiger partial charge in [0.2, 0.25) is 5.91 Å². The van der Waals surface area contributed by atoms with Crippen LogP contribution in [0.5, 0.6) is 0 Å². The van der Waals surface area contributed by atoms with E-state index >= 15 is 0 Å². The zero-order valence-electron chi connectivity index (χ0n) is 10.6. The van der Waals surface area contributed by atoms with E-state index in [1.54, 1.807) is 13.8 Å². The Morgan fingerprint density at radius 3 is 2.17 bits per heavy atom. The van der Waals surface area contributed by atoms with Gasteiger partial charge in [0.25, 0.3) is 0 Å². The van der Waals surface area contributed by atoms with Crippen molar-refractivity contribution in [2.45, 2.75) is 26.4 Å². The molecule has 0 saturated heterocycles. The molecule has 1 amide bonds. The minimum absolute atomic E-state index is 0.215. The fourth-order valence-corrected chi connectivity index (χ4v) is 1.58. The number of carbonyl (C=O) groups is 1. The van der Waals surface area contributed by atoms with Crippen LogP contribution in [0.3, 0.4) is 0 Å². The van der Waals surface area contributed by atoms with Crippen molar-refractivity contribution >= 4 is 59.1 Å². The summed E-state index contributed by atoms with van der Waals surface area (Å²) in [6.45, 7) is 3.58. The van der Waals surface area contributed by atoms with E-state index in [0.717, 1.165) is 0 Å². The summed E-state index contributed by atoms with van der Waals surface area (Å²) in [6.07, 6.45) is 0. The van der Waals surface area contributed by atoms with Crippen LogP contribution in [0.1, 0.15) is 18.1 Å². The molecular formula is C11H12B4N2O. The fourth-order valence-electron chi connectivity index (χ4n) is 1.58. The molecule has 18 heavy (non-hydrogen) atoms. The van der Waals surface area contributed by atoms with Gasteiger partial charge in [0.05, 0.1) is 6.04 Å². The molecule has 0 heterocycles. The van der Waals surface area contributed by atoms with Crippen molar-refractivity contribution in [2.75, 3.05) is 0 Å². The summed E-state index contributed by atoms with van der Waals surface area (Å²) in [6, 6.07) is -0.588. The van der Waals surface area contributed by atoms with Crippen molar-refractivity contribution < 1.29 is 4.79 Å². The Morgan fingerprint density at radius 1 is 1.17 bits per heavy atom. The minimum Gasteiger partial charge on any atom is -0.351 e. The zero-order chi connectivity index (χ0) is 14.0. The molecule has 0 saturated carbocycles. The maximum absolute atomic E-state index is 11.4. The third kappa shape index (κ3) is 2.83. The van der Waals surface area contributed by atoms with Crippen LogP contribution in [-0.4, -0.2) is 43.3 Å². The van der Waals surface area contributed by atoms with E-state index in [2.05, 4.69) is 5.32 Å². The van der Waals surface area contributed by atoms with Gasteiger partial charge in [0.1, 0.15) is 31.4 Å². The topological polar surface area (TPSA) is 55.1 Å². The fraction of sp³-hybridized carbons (Fsp3) is 0.364. The lowest BCUT2D eigenvalue weighted by molar-refractivity contribution is -0.122. The average Bonchev–Trinajstić information content (AvgIpc) is 2.33. The highest BCUT2D eigenvalue weighted by atomic mass is 16.2. The second kappa shape index (κ2) is 5.70. The van der Waals surface area contributed by atoms with Gasteiger partial charge in [0.15, 0.2) is 0 Å². The summed E-state index contributed by atoms with van der Waals surface area (Å²) in [7, 11) is 23.2. The molecule has 0 aliphatic rings. The van der Waals surface area contributed by atoms with Crippen molar-refractivity contribution in [3.8, 4) is 0 Å². The Morgan fingerprint density at radius 2 is 1.67 bits per heavy atom. The molecule has 0 fully saturated rings. The van der Waals surface area contributed by atoms with Gasteiger partial charge >= 0.3 is 0 Å². The molecule has 0 aliphatic carbocycles. The van der Waals surface area contributed by atoms with Gasteiger partial charge in [0, 0.05) is 6.54 Å². The minimum atomic E-state index is -0.588. The van der Waals surface area contributed by atoms with Crippen LogP contribution in [0.2, 0.25) is 0 Å². The van der Waals surface area contributed by atoms with E-state index in [0.29, 0.717) is 22.1 Å². The summed E-state index contributed by atoms with van der Waals surface area (Å²) in [4.78, 5) is 11.4. The molecule has 3 nitrogen and oxygen atoms in total. The van der Waals surface area contributed by atoms with Gasteiger partial charge < -0.3 is 11.1 Å². The predicted octanol–water partition coefficient (Wildman–Crippen LogP) is -3.87.